The molecule has 4 aromatic carbocycles. The van der Waals surface area contributed by atoms with E-state index in [-0.39, 0.29) is 69.4 Å². The largest absolute Gasteiger partial charge is 0.494 e. The number of aryl methyl sites for hydroxylation is 1. The number of primary amides is 1. The van der Waals surface area contributed by atoms with Crippen molar-refractivity contribution in [3.63, 3.8) is 0 Å². The Hall–Kier alpha value is -6.26. The second-order valence-corrected chi connectivity index (χ2v) is 19.4. The summed E-state index contributed by atoms with van der Waals surface area (Å²) in [5, 5.41) is 18.1. The average Bonchev–Trinajstić information content (AvgIpc) is 3.82. The molecule has 2 aliphatic carbocycles. The zero-order valence-electron chi connectivity index (χ0n) is 39.1. The number of halogens is 3. The zero-order chi connectivity index (χ0) is 48.6. The van der Waals surface area contributed by atoms with Crippen LogP contribution in [0.15, 0.2) is 66.7 Å². The second-order valence-electron chi connectivity index (χ2n) is 19.1. The van der Waals surface area contributed by atoms with Crippen molar-refractivity contribution in [2.24, 2.45) is 24.6 Å². The molecule has 0 unspecified atom stereocenters. The highest BCUT2D eigenvalue weighted by atomic mass is 35.5. The first-order valence-electron chi connectivity index (χ1n) is 24.0. The van der Waals surface area contributed by atoms with Crippen LogP contribution in [0.25, 0.3) is 22.0 Å². The summed E-state index contributed by atoms with van der Waals surface area (Å²) in [6.45, 7) is 3.38. The predicted molar refractivity (Wildman–Crippen MR) is 261 cm³/mol. The molecule has 6 N–H and O–H groups in total. The van der Waals surface area contributed by atoms with Gasteiger partial charge >= 0.3 is 6.03 Å². The van der Waals surface area contributed by atoms with Gasteiger partial charge in [-0.15, -0.1) is 0 Å². The summed E-state index contributed by atoms with van der Waals surface area (Å²) in [7, 11) is 3.15. The smallest absolute Gasteiger partial charge is 0.329 e. The maximum atomic E-state index is 16.2. The van der Waals surface area contributed by atoms with Gasteiger partial charge in [0.25, 0.3) is 0 Å². The number of nitrogens with two attached hydrogens (primary N) is 1. The maximum Gasteiger partial charge on any atom is 0.329 e. The number of hydrogen-bond acceptors (Lipinski definition) is 9. The number of ether oxygens (including phenoxy) is 2. The number of nitrogens with zero attached hydrogens (tertiary/aromatic N) is 3. The van der Waals surface area contributed by atoms with Crippen molar-refractivity contribution in [3.8, 4) is 22.6 Å². The van der Waals surface area contributed by atoms with E-state index in [1.165, 1.54) is 30.2 Å². The lowest BCUT2D eigenvalue weighted by Gasteiger charge is -2.37. The third-order valence-corrected chi connectivity index (χ3v) is 15.3. The second kappa shape index (κ2) is 20.0. The highest BCUT2D eigenvalue weighted by Crippen LogP contribution is 2.56. The number of carbonyl (C=O) groups is 4. The standard InChI is InChI=1S/C52H59ClF2N8O6/c1-29-43-41(27-38(54)46(53)45(43)44-37(48(56)65)21-22-40(68-3)47(44)55)69-52(29,32-9-5-4-6-10-32)28-58-33-17-13-31(14-18-33)50(66)59-34-15-11-30(12-16-34)8-7-24-57-35-19-20-36-39(26-35)62(2)61-49(36)63-25-23-42(64)60-51(63)67/h4-6,9-10,19-22,26-27,29-31,33-34,57-58H,7-8,11-18,23-25,28H2,1-3H3,(H2,56,65)(H,59,66)(H,60,64,67)/t29-,30?,31?,33?,34?,52-/m0/s1. The van der Waals surface area contributed by atoms with Crippen molar-refractivity contribution in [1.82, 2.24) is 25.7 Å². The van der Waals surface area contributed by atoms with Crippen LogP contribution < -0.4 is 41.4 Å². The molecule has 2 aliphatic heterocycles. The number of rotatable bonds is 15. The molecule has 3 fully saturated rings. The molecule has 4 aliphatic rings. The molecule has 0 spiro atoms. The van der Waals surface area contributed by atoms with Gasteiger partial charge in [-0.1, -0.05) is 48.9 Å². The summed E-state index contributed by atoms with van der Waals surface area (Å²) in [6, 6.07) is 19.3. The van der Waals surface area contributed by atoms with E-state index >= 15 is 8.78 Å². The van der Waals surface area contributed by atoms with Gasteiger partial charge in [0, 0.05) is 90.9 Å². The van der Waals surface area contributed by atoms with Gasteiger partial charge in [-0.05, 0) is 106 Å². The summed E-state index contributed by atoms with van der Waals surface area (Å²) in [6.07, 6.45) is 9.51. The molecule has 0 radical (unpaired) electrons. The molecular formula is C52H59ClF2N8O6. The summed E-state index contributed by atoms with van der Waals surface area (Å²) in [5.74, 6) is -2.15. The lowest BCUT2D eigenvalue weighted by molar-refractivity contribution is -0.127. The van der Waals surface area contributed by atoms with Crippen LogP contribution in [0.3, 0.4) is 0 Å². The molecule has 3 heterocycles. The molecule has 1 saturated heterocycles. The van der Waals surface area contributed by atoms with Crippen molar-refractivity contribution in [2.45, 2.75) is 101 Å². The number of urea groups is 1. The Labute approximate surface area is 405 Å². The number of fused-ring (bicyclic) bond motifs is 2. The quantitative estimate of drug-likeness (QED) is 0.0641. The van der Waals surface area contributed by atoms with E-state index in [0.717, 1.165) is 92.9 Å². The summed E-state index contributed by atoms with van der Waals surface area (Å²) < 4.78 is 45.7. The van der Waals surface area contributed by atoms with Crippen LogP contribution in [0.5, 0.6) is 11.5 Å². The Bertz CT molecular complexity index is 2770. The zero-order valence-corrected chi connectivity index (χ0v) is 39.9. The normalized spacial score (nSPS) is 23.6. The van der Waals surface area contributed by atoms with E-state index in [1.807, 2.05) is 62.5 Å². The van der Waals surface area contributed by atoms with E-state index in [9.17, 15) is 19.2 Å². The Morgan fingerprint density at radius 2 is 1.71 bits per heavy atom. The Kier molecular flexibility index (Phi) is 13.8. The van der Waals surface area contributed by atoms with Crippen LogP contribution in [-0.4, -0.2) is 72.4 Å². The number of amides is 5. The van der Waals surface area contributed by atoms with Crippen molar-refractivity contribution >= 4 is 57.8 Å². The maximum absolute atomic E-state index is 16.2. The van der Waals surface area contributed by atoms with Gasteiger partial charge in [-0.3, -0.25) is 29.3 Å². The first-order chi connectivity index (χ1) is 33.3. The number of anilines is 2. The van der Waals surface area contributed by atoms with Gasteiger partial charge in [0.15, 0.2) is 23.0 Å². The molecule has 69 heavy (non-hydrogen) atoms. The van der Waals surface area contributed by atoms with E-state index in [2.05, 4.69) is 26.4 Å². The Balaban J connectivity index is 0.760. The minimum Gasteiger partial charge on any atom is -0.494 e. The van der Waals surface area contributed by atoms with Gasteiger partial charge in [-0.2, -0.15) is 5.10 Å². The van der Waals surface area contributed by atoms with Crippen molar-refractivity contribution in [2.75, 3.05) is 37.0 Å². The van der Waals surface area contributed by atoms with Gasteiger partial charge in [0.2, 0.25) is 17.7 Å². The van der Waals surface area contributed by atoms with Crippen LogP contribution in [0.4, 0.5) is 25.1 Å². The molecule has 9 rings (SSSR count). The highest BCUT2D eigenvalue weighted by Gasteiger charge is 2.50. The van der Waals surface area contributed by atoms with Crippen LogP contribution in [0, 0.1) is 23.5 Å². The number of carbonyl (C=O) groups excluding carboxylic acids is 4. The van der Waals surface area contributed by atoms with Crippen LogP contribution in [0.1, 0.15) is 105 Å². The van der Waals surface area contributed by atoms with Gasteiger partial charge in [0.1, 0.15) is 11.6 Å². The first-order valence-corrected chi connectivity index (χ1v) is 24.4. The monoisotopic (exact) mass is 964 g/mol. The van der Waals surface area contributed by atoms with Gasteiger partial charge in [0.05, 0.1) is 23.2 Å². The van der Waals surface area contributed by atoms with Crippen LogP contribution in [0.2, 0.25) is 5.02 Å². The third kappa shape index (κ3) is 9.44. The van der Waals surface area contributed by atoms with Crippen molar-refractivity contribution in [3.05, 3.63) is 100 Å². The highest BCUT2D eigenvalue weighted by molar-refractivity contribution is 6.34. The average molecular weight is 966 g/mol. The summed E-state index contributed by atoms with van der Waals surface area (Å²) >= 11 is 6.69. The van der Waals surface area contributed by atoms with Crippen LogP contribution in [-0.2, 0) is 22.2 Å². The number of aromatic nitrogens is 2. The van der Waals surface area contributed by atoms with Crippen molar-refractivity contribution < 1.29 is 37.4 Å². The van der Waals surface area contributed by atoms with Gasteiger partial charge in [-0.25, -0.2) is 13.6 Å². The SMILES string of the molecule is COc1ccc(C(N)=O)c(-c2c(Cl)c(F)cc3c2[C@H](C)[C@@](CNC2CCC(C(=O)NC4CCC(CCCNc5ccc6c(N7CCC(=O)NC7=O)nn(C)c6c5)CC4)CC2)(c2ccccc2)O3)c1F. The first kappa shape index (κ1) is 47.8. The number of hydrogen-bond donors (Lipinski definition) is 5. The molecule has 2 atom stereocenters. The number of benzene rings is 4. The fraction of sp³-hybridized carbons (Fsp3) is 0.442. The topological polar surface area (TPSA) is 182 Å². The number of imide groups is 1. The minimum atomic E-state index is -1.07. The lowest BCUT2D eigenvalue weighted by atomic mass is 9.77. The Morgan fingerprint density at radius 1 is 0.971 bits per heavy atom. The summed E-state index contributed by atoms with van der Waals surface area (Å²) in [4.78, 5) is 51.9. The fourth-order valence-corrected chi connectivity index (χ4v) is 11.3. The fourth-order valence-electron chi connectivity index (χ4n) is 11.1. The predicted octanol–water partition coefficient (Wildman–Crippen LogP) is 8.83. The molecule has 5 aromatic rings. The van der Waals surface area contributed by atoms with Gasteiger partial charge < -0.3 is 31.2 Å². The third-order valence-electron chi connectivity index (χ3n) is 15.0. The number of nitrogens with one attached hydrogen (secondary N) is 4. The van der Waals surface area contributed by atoms with E-state index in [0.29, 0.717) is 30.4 Å². The van der Waals surface area contributed by atoms with Crippen molar-refractivity contribution in [1.29, 1.82) is 0 Å². The molecule has 14 nitrogen and oxygen atoms in total. The Morgan fingerprint density at radius 3 is 2.42 bits per heavy atom. The lowest BCUT2D eigenvalue weighted by Crippen LogP contribution is -2.49. The molecule has 5 amide bonds. The molecule has 17 heteroatoms. The molecular weight excluding hydrogens is 906 g/mol. The molecule has 0 bridgehead atoms. The van der Waals surface area contributed by atoms with Crippen LogP contribution >= 0.6 is 11.6 Å². The molecule has 364 valence electrons. The van der Waals surface area contributed by atoms with E-state index < -0.39 is 35.1 Å². The number of methoxy groups -OCH3 is 1. The molecule has 2 saturated carbocycles. The van der Waals surface area contributed by atoms with E-state index in [1.54, 1.807) is 4.68 Å². The minimum absolute atomic E-state index is 0.00355. The van der Waals surface area contributed by atoms with E-state index in [4.69, 9.17) is 26.8 Å². The molecule has 1 aromatic heterocycles. The summed E-state index contributed by atoms with van der Waals surface area (Å²) in [5.41, 5.74) is 7.41.